The van der Waals surface area contributed by atoms with Crippen LogP contribution in [0.3, 0.4) is 0 Å². The Balaban J connectivity index is 1.57. The molecule has 0 aliphatic heterocycles. The Morgan fingerprint density at radius 2 is 2.07 bits per heavy atom. The number of allylic oxidation sites excluding steroid dienone is 3. The Hall–Kier alpha value is -2.49. The monoisotopic (exact) mass is 362 g/mol. The molecule has 5 rings (SSSR count). The van der Waals surface area contributed by atoms with Crippen LogP contribution in [0.5, 0.6) is 0 Å². The Bertz CT molecular complexity index is 969. The molecule has 0 spiro atoms. The summed E-state index contributed by atoms with van der Waals surface area (Å²) in [6.45, 7) is 2.34. The van der Waals surface area contributed by atoms with E-state index in [-0.39, 0.29) is 17.2 Å². The zero-order valence-electron chi connectivity index (χ0n) is 15.5. The Kier molecular flexibility index (Phi) is 3.71. The average molecular weight is 362 g/mol. The molecule has 0 saturated heterocycles. The second kappa shape index (κ2) is 6.01. The standard InChI is InChI=1S/C23H23FN2O/c1-23-12-16-13-25-26(19-8-6-18(24)7-9-19)22(16)11-17(23)5-10-20-15(14-27)3-2-4-21(20)23/h4,6-9,11,13-15,20H,2-3,5,10,12H2,1H3/t15?,20-,23+/m1/s1. The van der Waals surface area contributed by atoms with E-state index in [0.717, 1.165) is 43.5 Å². The van der Waals surface area contributed by atoms with Crippen LogP contribution in [-0.4, -0.2) is 16.1 Å². The summed E-state index contributed by atoms with van der Waals surface area (Å²) in [5, 5.41) is 4.60. The predicted octanol–water partition coefficient (Wildman–Crippen LogP) is 4.90. The van der Waals surface area contributed by atoms with E-state index in [1.165, 1.54) is 35.1 Å². The quantitative estimate of drug-likeness (QED) is 0.562. The van der Waals surface area contributed by atoms with Gasteiger partial charge in [0, 0.05) is 11.3 Å². The van der Waals surface area contributed by atoms with Crippen molar-refractivity contribution >= 4 is 12.4 Å². The van der Waals surface area contributed by atoms with Gasteiger partial charge in [0.1, 0.15) is 12.1 Å². The van der Waals surface area contributed by atoms with E-state index in [0.29, 0.717) is 5.92 Å². The van der Waals surface area contributed by atoms with Crippen LogP contribution >= 0.6 is 0 Å². The Morgan fingerprint density at radius 3 is 2.85 bits per heavy atom. The highest BCUT2D eigenvalue weighted by Crippen LogP contribution is 2.56. The lowest BCUT2D eigenvalue weighted by Crippen LogP contribution is -2.39. The number of benzene rings is 1. The highest BCUT2D eigenvalue weighted by molar-refractivity contribution is 5.65. The van der Waals surface area contributed by atoms with Crippen molar-refractivity contribution in [3.8, 4) is 5.69 Å². The summed E-state index contributed by atoms with van der Waals surface area (Å²) in [6, 6.07) is 6.48. The fourth-order valence-corrected chi connectivity index (χ4v) is 5.42. The molecule has 1 aromatic heterocycles. The summed E-state index contributed by atoms with van der Waals surface area (Å²) in [5.74, 6) is 0.330. The number of rotatable bonds is 2. The summed E-state index contributed by atoms with van der Waals surface area (Å²) in [7, 11) is 0. The molecule has 0 amide bonds. The molecule has 1 unspecified atom stereocenters. The minimum atomic E-state index is -0.238. The van der Waals surface area contributed by atoms with Gasteiger partial charge in [0.2, 0.25) is 0 Å². The van der Waals surface area contributed by atoms with E-state index in [1.807, 2.05) is 10.9 Å². The smallest absolute Gasteiger partial charge is 0.123 e. The number of aldehydes is 1. The molecule has 4 heteroatoms. The molecule has 3 aliphatic rings. The molecular weight excluding hydrogens is 339 g/mol. The summed E-state index contributed by atoms with van der Waals surface area (Å²) in [4.78, 5) is 11.6. The van der Waals surface area contributed by atoms with E-state index in [2.05, 4.69) is 24.2 Å². The first kappa shape index (κ1) is 16.7. The van der Waals surface area contributed by atoms with Gasteiger partial charge in [-0.1, -0.05) is 24.1 Å². The first-order valence-electron chi connectivity index (χ1n) is 9.80. The van der Waals surface area contributed by atoms with Crippen molar-refractivity contribution < 1.29 is 9.18 Å². The largest absolute Gasteiger partial charge is 0.303 e. The lowest BCUT2D eigenvalue weighted by atomic mass is 9.55. The molecule has 0 bridgehead atoms. The lowest BCUT2D eigenvalue weighted by molar-refractivity contribution is -0.112. The molecule has 1 fully saturated rings. The van der Waals surface area contributed by atoms with Crippen LogP contribution in [0.15, 0.2) is 47.7 Å². The van der Waals surface area contributed by atoms with Gasteiger partial charge < -0.3 is 4.79 Å². The van der Waals surface area contributed by atoms with E-state index < -0.39 is 0 Å². The zero-order valence-corrected chi connectivity index (χ0v) is 15.5. The molecule has 3 atom stereocenters. The number of aromatic nitrogens is 2. The maximum Gasteiger partial charge on any atom is 0.123 e. The van der Waals surface area contributed by atoms with E-state index in [9.17, 15) is 9.18 Å². The number of halogens is 1. The second-order valence-electron chi connectivity index (χ2n) is 8.30. The number of nitrogens with zero attached hydrogens (tertiary/aromatic N) is 2. The molecule has 2 aromatic rings. The van der Waals surface area contributed by atoms with Gasteiger partial charge in [-0.15, -0.1) is 0 Å². The van der Waals surface area contributed by atoms with Gasteiger partial charge in [-0.05, 0) is 73.9 Å². The van der Waals surface area contributed by atoms with Gasteiger partial charge in [0.15, 0.2) is 0 Å². The second-order valence-corrected chi connectivity index (χ2v) is 8.30. The molecule has 3 nitrogen and oxygen atoms in total. The Morgan fingerprint density at radius 1 is 1.26 bits per heavy atom. The fraction of sp³-hybridized carbons (Fsp3) is 0.391. The van der Waals surface area contributed by atoms with Crippen molar-refractivity contribution in [2.24, 2.45) is 17.3 Å². The average Bonchev–Trinajstić information content (AvgIpc) is 3.08. The van der Waals surface area contributed by atoms with Crippen LogP contribution in [0, 0.1) is 23.1 Å². The Labute approximate surface area is 158 Å². The number of carbonyl (C=O) groups is 1. The van der Waals surface area contributed by atoms with E-state index in [1.54, 1.807) is 12.1 Å². The van der Waals surface area contributed by atoms with Crippen LogP contribution in [0.2, 0.25) is 0 Å². The molecular formula is C23H23FN2O. The molecule has 1 saturated carbocycles. The molecule has 27 heavy (non-hydrogen) atoms. The number of carbonyl (C=O) groups excluding carboxylic acids is 1. The van der Waals surface area contributed by atoms with Gasteiger partial charge in [-0.2, -0.15) is 5.10 Å². The minimum absolute atomic E-state index is 0.00570. The third kappa shape index (κ3) is 2.46. The summed E-state index contributed by atoms with van der Waals surface area (Å²) in [5.41, 5.74) is 6.10. The maximum atomic E-state index is 13.3. The van der Waals surface area contributed by atoms with Crippen LogP contribution in [-0.2, 0) is 11.2 Å². The van der Waals surface area contributed by atoms with Crippen molar-refractivity contribution in [1.29, 1.82) is 0 Å². The lowest BCUT2D eigenvalue weighted by Gasteiger charge is -2.48. The molecule has 1 heterocycles. The van der Waals surface area contributed by atoms with Crippen LogP contribution in [0.4, 0.5) is 4.39 Å². The molecule has 138 valence electrons. The van der Waals surface area contributed by atoms with Crippen LogP contribution < -0.4 is 0 Å². The normalized spacial score (nSPS) is 29.1. The fourth-order valence-electron chi connectivity index (χ4n) is 5.42. The van der Waals surface area contributed by atoms with Gasteiger partial charge in [-0.3, -0.25) is 0 Å². The minimum Gasteiger partial charge on any atom is -0.303 e. The van der Waals surface area contributed by atoms with E-state index in [4.69, 9.17) is 0 Å². The summed E-state index contributed by atoms with van der Waals surface area (Å²) >= 11 is 0. The summed E-state index contributed by atoms with van der Waals surface area (Å²) in [6.07, 6.45) is 12.8. The number of hydrogen-bond donors (Lipinski definition) is 0. The zero-order chi connectivity index (χ0) is 18.6. The van der Waals surface area contributed by atoms with Gasteiger partial charge in [-0.25, -0.2) is 9.07 Å². The molecule has 1 aromatic carbocycles. The third-order valence-corrected chi connectivity index (χ3v) is 6.84. The van der Waals surface area contributed by atoms with Gasteiger partial charge >= 0.3 is 0 Å². The summed E-state index contributed by atoms with van der Waals surface area (Å²) < 4.78 is 15.2. The number of fused-ring (bicyclic) bond motifs is 4. The van der Waals surface area contributed by atoms with Crippen molar-refractivity contribution in [2.45, 2.75) is 39.0 Å². The van der Waals surface area contributed by atoms with Gasteiger partial charge in [0.05, 0.1) is 17.6 Å². The predicted molar refractivity (Wildman–Crippen MR) is 103 cm³/mol. The molecule has 0 N–H and O–H groups in total. The van der Waals surface area contributed by atoms with Crippen molar-refractivity contribution in [3.63, 3.8) is 0 Å². The first-order chi connectivity index (χ1) is 13.1. The maximum absolute atomic E-state index is 13.3. The van der Waals surface area contributed by atoms with Gasteiger partial charge in [0.25, 0.3) is 0 Å². The highest BCUT2D eigenvalue weighted by atomic mass is 19.1. The first-order valence-corrected chi connectivity index (χ1v) is 9.80. The SMILES string of the molecule is C[C@]12Cc3cnn(-c4ccc(F)cc4)c3C=C1CC[C@H]1C2=CCCC1C=O. The molecule has 0 radical (unpaired) electrons. The van der Waals surface area contributed by atoms with Crippen LogP contribution in [0.1, 0.15) is 43.9 Å². The van der Waals surface area contributed by atoms with Crippen LogP contribution in [0.25, 0.3) is 11.8 Å². The van der Waals surface area contributed by atoms with Crippen molar-refractivity contribution in [2.75, 3.05) is 0 Å². The number of hydrogen-bond acceptors (Lipinski definition) is 2. The van der Waals surface area contributed by atoms with Crippen molar-refractivity contribution in [3.05, 3.63) is 64.8 Å². The molecule has 3 aliphatic carbocycles. The third-order valence-electron chi connectivity index (χ3n) is 6.84. The van der Waals surface area contributed by atoms with Crippen molar-refractivity contribution in [1.82, 2.24) is 9.78 Å². The highest BCUT2D eigenvalue weighted by Gasteiger charge is 2.46. The topological polar surface area (TPSA) is 34.9 Å². The van der Waals surface area contributed by atoms with E-state index >= 15 is 0 Å².